The summed E-state index contributed by atoms with van der Waals surface area (Å²) in [6, 6.07) is -0.866. The monoisotopic (exact) mass is 667 g/mol. The Kier molecular flexibility index (Phi) is 10.3. The molecule has 0 radical (unpaired) electrons. The van der Waals surface area contributed by atoms with E-state index in [1.54, 1.807) is 11.8 Å². The molecule has 10 nitrogen and oxygen atoms in total. The smallest absolute Gasteiger partial charge is 0.320 e. The SMILES string of the molecule is C=CC(=O)N1CCN(C2NC(=O)N3C4NC(C(Cl)CC42)C2C(F)CCCC2NC(=O)CCSC2CCNC(C(C)C)C23)[C@H](C)C1. The van der Waals surface area contributed by atoms with Crippen molar-refractivity contribution in [1.82, 2.24) is 36.0 Å². The van der Waals surface area contributed by atoms with Gasteiger partial charge in [-0.2, -0.15) is 11.8 Å². The molecule has 12 atom stereocenters. The van der Waals surface area contributed by atoms with Crippen LogP contribution in [0.5, 0.6) is 0 Å². The van der Waals surface area contributed by atoms with Gasteiger partial charge in [0.25, 0.3) is 0 Å². The molecule has 0 aromatic heterocycles. The van der Waals surface area contributed by atoms with Crippen LogP contribution in [-0.2, 0) is 9.59 Å². The van der Waals surface area contributed by atoms with Crippen LogP contribution in [0.15, 0.2) is 12.7 Å². The number of thioether (sulfide) groups is 1. The number of fused-ring (bicyclic) bond motifs is 5. The third-order valence-electron chi connectivity index (χ3n) is 11.3. The molecule has 5 heterocycles. The zero-order valence-electron chi connectivity index (χ0n) is 26.8. The summed E-state index contributed by atoms with van der Waals surface area (Å²) in [6.07, 6.45) is 3.37. The highest BCUT2D eigenvalue weighted by atomic mass is 35.5. The molecule has 45 heavy (non-hydrogen) atoms. The summed E-state index contributed by atoms with van der Waals surface area (Å²) < 4.78 is 16.0. The maximum absolute atomic E-state index is 16.0. The zero-order chi connectivity index (χ0) is 32.0. The first-order valence-electron chi connectivity index (χ1n) is 17.0. The van der Waals surface area contributed by atoms with Gasteiger partial charge in [-0.05, 0) is 57.6 Å². The van der Waals surface area contributed by atoms with Gasteiger partial charge in [-0.3, -0.25) is 19.8 Å². The van der Waals surface area contributed by atoms with Crippen LogP contribution in [0.2, 0.25) is 0 Å². The molecule has 5 aliphatic heterocycles. The Morgan fingerprint density at radius 2 is 1.96 bits per heavy atom. The van der Waals surface area contributed by atoms with Crippen LogP contribution < -0.4 is 21.3 Å². The second kappa shape index (κ2) is 13.9. The Balaban J connectivity index is 1.39. The van der Waals surface area contributed by atoms with Crippen molar-refractivity contribution in [2.24, 2.45) is 17.8 Å². The third-order valence-corrected chi connectivity index (χ3v) is 13.1. The number of halogens is 2. The van der Waals surface area contributed by atoms with E-state index in [2.05, 4.69) is 53.5 Å². The third kappa shape index (κ3) is 6.47. The molecule has 6 fully saturated rings. The van der Waals surface area contributed by atoms with E-state index < -0.39 is 18.1 Å². The summed E-state index contributed by atoms with van der Waals surface area (Å²) in [5.74, 6) is 0.275. The summed E-state index contributed by atoms with van der Waals surface area (Å²) >= 11 is 9.07. The number of rotatable bonds is 3. The van der Waals surface area contributed by atoms with Gasteiger partial charge in [0.05, 0.1) is 18.4 Å². The Labute approximate surface area is 276 Å². The van der Waals surface area contributed by atoms with E-state index in [0.717, 1.165) is 25.8 Å². The number of nitrogens with one attached hydrogen (secondary N) is 4. The van der Waals surface area contributed by atoms with Gasteiger partial charge in [0.15, 0.2) is 0 Å². The van der Waals surface area contributed by atoms with Crippen molar-refractivity contribution in [2.45, 2.75) is 119 Å². The maximum Gasteiger partial charge on any atom is 0.320 e. The summed E-state index contributed by atoms with van der Waals surface area (Å²) in [7, 11) is 0. The number of amides is 4. The van der Waals surface area contributed by atoms with Gasteiger partial charge >= 0.3 is 6.03 Å². The predicted molar refractivity (Wildman–Crippen MR) is 176 cm³/mol. The van der Waals surface area contributed by atoms with Gasteiger partial charge in [-0.25, -0.2) is 9.18 Å². The van der Waals surface area contributed by atoms with Crippen molar-refractivity contribution < 1.29 is 18.8 Å². The number of urea groups is 1. The first-order valence-corrected chi connectivity index (χ1v) is 18.5. The molecule has 1 saturated carbocycles. The fourth-order valence-corrected chi connectivity index (χ4v) is 11.0. The summed E-state index contributed by atoms with van der Waals surface area (Å²) in [5, 5.41) is 14.0. The van der Waals surface area contributed by atoms with Crippen LogP contribution >= 0.6 is 23.4 Å². The lowest BCUT2D eigenvalue weighted by Crippen LogP contribution is -2.80. The number of hydrogen-bond donors (Lipinski definition) is 4. The second-order valence-electron chi connectivity index (χ2n) is 14.3. The van der Waals surface area contributed by atoms with Crippen LogP contribution in [-0.4, -0.2) is 124 Å². The predicted octanol–water partition coefficient (Wildman–Crippen LogP) is 2.48. The van der Waals surface area contributed by atoms with E-state index in [0.29, 0.717) is 44.6 Å². The number of hydrogen-bond acceptors (Lipinski definition) is 7. The van der Waals surface area contributed by atoms with Crippen LogP contribution in [0, 0.1) is 17.8 Å². The minimum absolute atomic E-state index is 0.0111. The number of alkyl halides is 2. The van der Waals surface area contributed by atoms with Crippen molar-refractivity contribution >= 4 is 41.2 Å². The average Bonchev–Trinajstić information content (AvgIpc) is 3.01. The van der Waals surface area contributed by atoms with Gasteiger partial charge in [0.1, 0.15) is 6.17 Å². The number of piperidine rings is 2. The molecule has 0 aromatic rings. The lowest BCUT2D eigenvalue weighted by molar-refractivity contribution is -0.131. The Morgan fingerprint density at radius 3 is 2.69 bits per heavy atom. The second-order valence-corrected chi connectivity index (χ2v) is 16.2. The number of nitrogens with zero attached hydrogens (tertiary/aromatic N) is 3. The Morgan fingerprint density at radius 1 is 1.16 bits per heavy atom. The van der Waals surface area contributed by atoms with Crippen molar-refractivity contribution in [3.63, 3.8) is 0 Å². The molecule has 1 aliphatic carbocycles. The largest absolute Gasteiger partial charge is 0.353 e. The van der Waals surface area contributed by atoms with Crippen molar-refractivity contribution in [3.05, 3.63) is 12.7 Å². The van der Waals surface area contributed by atoms with Gasteiger partial charge in [-0.15, -0.1) is 11.6 Å². The highest BCUT2D eigenvalue weighted by molar-refractivity contribution is 8.00. The van der Waals surface area contributed by atoms with Gasteiger partial charge in [0.2, 0.25) is 11.8 Å². The van der Waals surface area contributed by atoms with E-state index in [4.69, 9.17) is 11.6 Å². The van der Waals surface area contributed by atoms with E-state index in [9.17, 15) is 14.4 Å². The minimum atomic E-state index is -1.09. The summed E-state index contributed by atoms with van der Waals surface area (Å²) in [6.45, 7) is 12.7. The molecule has 0 aromatic carbocycles. The van der Waals surface area contributed by atoms with E-state index >= 15 is 4.39 Å². The number of carbonyl (C=O) groups excluding carboxylic acids is 3. The summed E-state index contributed by atoms with van der Waals surface area (Å²) in [4.78, 5) is 46.3. The lowest BCUT2D eigenvalue weighted by Gasteiger charge is -2.60. The van der Waals surface area contributed by atoms with Crippen LogP contribution in [0.25, 0.3) is 0 Å². The zero-order valence-corrected chi connectivity index (χ0v) is 28.4. The van der Waals surface area contributed by atoms with Crippen molar-refractivity contribution in [3.8, 4) is 0 Å². The molecule has 0 spiro atoms. The van der Waals surface area contributed by atoms with Gasteiger partial charge in [0, 0.05) is 78.4 Å². The molecule has 4 amide bonds. The number of piperazine rings is 1. The first kappa shape index (κ1) is 33.3. The molecule has 2 bridgehead atoms. The highest BCUT2D eigenvalue weighted by Crippen LogP contribution is 2.43. The quantitative estimate of drug-likeness (QED) is 0.271. The molecule has 6 aliphatic rings. The normalized spacial score (nSPS) is 43.1. The number of carbonyl (C=O) groups is 3. The van der Waals surface area contributed by atoms with Gasteiger partial charge < -0.3 is 25.8 Å². The molecular formula is C32H51ClFN7O3S. The standard InChI is InChI=1S/C32H51ClFN7O3S/c1-5-25(43)39-12-13-40(18(4)16-39)30-19-15-20(33)28-26-21(34)7-6-8-22(26)36-24(42)10-14-45-23-9-11-35-27(17(2)3)29(23)41(31(19)37-28)32(44)38-30/h5,17-23,26-31,35,37H,1,6-16H2,2-4H3,(H,36,42)(H,38,44)/t18-,19?,20?,21?,22?,23?,26?,27?,28?,29?,30?,31?/m1/s1. The average molecular weight is 668 g/mol. The summed E-state index contributed by atoms with van der Waals surface area (Å²) in [5.41, 5.74) is 0. The molecule has 5 saturated heterocycles. The topological polar surface area (TPSA) is 109 Å². The van der Waals surface area contributed by atoms with Crippen LogP contribution in [0.1, 0.15) is 59.3 Å². The molecular weight excluding hydrogens is 617 g/mol. The van der Waals surface area contributed by atoms with E-state index in [1.165, 1.54) is 6.08 Å². The van der Waals surface area contributed by atoms with Crippen LogP contribution in [0.3, 0.4) is 0 Å². The maximum atomic E-state index is 16.0. The molecule has 6 rings (SSSR count). The first-order chi connectivity index (χ1) is 21.6. The van der Waals surface area contributed by atoms with E-state index in [1.807, 2.05) is 9.80 Å². The Hall–Kier alpha value is -1.60. The lowest BCUT2D eigenvalue weighted by atomic mass is 9.73. The fraction of sp³-hybridized carbons (Fsp3) is 0.844. The molecule has 252 valence electrons. The highest BCUT2D eigenvalue weighted by Gasteiger charge is 2.57. The molecule has 4 N–H and O–H groups in total. The Bertz CT molecular complexity index is 1140. The van der Waals surface area contributed by atoms with E-state index in [-0.39, 0.29) is 76.8 Å². The van der Waals surface area contributed by atoms with Crippen molar-refractivity contribution in [2.75, 3.05) is 31.9 Å². The van der Waals surface area contributed by atoms with Crippen LogP contribution in [0.4, 0.5) is 9.18 Å². The molecule has 13 heteroatoms. The van der Waals surface area contributed by atoms with Gasteiger partial charge in [-0.1, -0.05) is 20.4 Å². The van der Waals surface area contributed by atoms with Crippen molar-refractivity contribution in [1.29, 1.82) is 0 Å². The molecule has 11 unspecified atom stereocenters. The fourth-order valence-electron chi connectivity index (χ4n) is 9.17. The minimum Gasteiger partial charge on any atom is -0.353 e.